The van der Waals surface area contributed by atoms with Gasteiger partial charge in [-0.25, -0.2) is 4.79 Å². The van der Waals surface area contributed by atoms with Crippen LogP contribution in [0, 0.1) is 11.3 Å². The van der Waals surface area contributed by atoms with Crippen LogP contribution in [-0.4, -0.2) is 23.6 Å². The first-order chi connectivity index (χ1) is 10.2. The Balaban J connectivity index is 2.73. The molecule has 0 aliphatic rings. The number of primary amides is 1. The van der Waals surface area contributed by atoms with Crippen molar-refractivity contribution in [2.24, 2.45) is 5.73 Å². The minimum atomic E-state index is -0.615. The largest absolute Gasteiger partial charge is 0.444 e. The molecule has 0 aliphatic carbocycles. The number of carbonyl (C=O) groups is 2. The van der Waals surface area contributed by atoms with Crippen LogP contribution in [0.4, 0.5) is 4.79 Å². The number of amides is 2. The number of benzene rings is 1. The first-order valence-corrected chi connectivity index (χ1v) is 6.96. The highest BCUT2D eigenvalue weighted by molar-refractivity contribution is 5.76. The molecule has 118 valence electrons. The lowest BCUT2D eigenvalue weighted by Crippen LogP contribution is -2.42. The van der Waals surface area contributed by atoms with Crippen LogP contribution in [-0.2, 0) is 16.0 Å². The SMILES string of the molecule is CC(C)(C)OC(=O)N[C@@H](CC(N)=O)Cc1ccc(C#N)cc1. The molecule has 0 fully saturated rings. The Morgan fingerprint density at radius 1 is 1.32 bits per heavy atom. The van der Waals surface area contributed by atoms with Gasteiger partial charge >= 0.3 is 6.09 Å². The molecule has 0 bridgehead atoms. The quantitative estimate of drug-likeness (QED) is 0.866. The number of nitrogens with one attached hydrogen (secondary N) is 1. The van der Waals surface area contributed by atoms with Gasteiger partial charge in [-0.2, -0.15) is 5.26 Å². The summed E-state index contributed by atoms with van der Waals surface area (Å²) in [4.78, 5) is 23.0. The van der Waals surface area contributed by atoms with Crippen LogP contribution in [0.3, 0.4) is 0 Å². The summed E-state index contributed by atoms with van der Waals surface area (Å²) < 4.78 is 5.18. The predicted molar refractivity (Wildman–Crippen MR) is 81.8 cm³/mol. The van der Waals surface area contributed by atoms with E-state index in [9.17, 15) is 9.59 Å². The Labute approximate surface area is 130 Å². The molecule has 22 heavy (non-hydrogen) atoms. The van der Waals surface area contributed by atoms with Gasteiger partial charge in [-0.1, -0.05) is 12.1 Å². The zero-order valence-corrected chi connectivity index (χ0v) is 13.1. The lowest BCUT2D eigenvalue weighted by atomic mass is 10.0. The number of hydrogen-bond donors (Lipinski definition) is 2. The van der Waals surface area contributed by atoms with Gasteiger partial charge in [-0.3, -0.25) is 4.79 Å². The molecule has 2 amide bonds. The molecule has 0 aromatic heterocycles. The fourth-order valence-electron chi connectivity index (χ4n) is 1.89. The summed E-state index contributed by atoms with van der Waals surface area (Å²) in [6.07, 6.45) is -0.153. The molecule has 1 aromatic carbocycles. The van der Waals surface area contributed by atoms with Crippen LogP contribution in [0.1, 0.15) is 38.3 Å². The minimum Gasteiger partial charge on any atom is -0.444 e. The molecule has 6 heteroatoms. The fourth-order valence-corrected chi connectivity index (χ4v) is 1.89. The zero-order chi connectivity index (χ0) is 16.8. The Morgan fingerprint density at radius 3 is 2.36 bits per heavy atom. The average molecular weight is 303 g/mol. The fraction of sp³-hybridized carbons (Fsp3) is 0.438. The van der Waals surface area contributed by atoms with E-state index in [0.29, 0.717) is 12.0 Å². The minimum absolute atomic E-state index is 0.0131. The van der Waals surface area contributed by atoms with Crippen molar-refractivity contribution in [1.82, 2.24) is 5.32 Å². The van der Waals surface area contributed by atoms with Crippen molar-refractivity contribution in [3.05, 3.63) is 35.4 Å². The highest BCUT2D eigenvalue weighted by atomic mass is 16.6. The Kier molecular flexibility index (Phi) is 5.93. The maximum atomic E-state index is 11.8. The van der Waals surface area contributed by atoms with Gasteiger partial charge < -0.3 is 15.8 Å². The van der Waals surface area contributed by atoms with Crippen molar-refractivity contribution in [2.45, 2.75) is 45.3 Å². The van der Waals surface area contributed by atoms with E-state index >= 15 is 0 Å². The third-order valence-corrected chi connectivity index (χ3v) is 2.73. The summed E-state index contributed by atoms with van der Waals surface area (Å²) in [5.41, 5.74) is 6.05. The number of ether oxygens (including phenoxy) is 1. The molecule has 1 aromatic rings. The van der Waals surface area contributed by atoms with E-state index in [1.807, 2.05) is 6.07 Å². The lowest BCUT2D eigenvalue weighted by Gasteiger charge is -2.23. The van der Waals surface area contributed by atoms with Crippen LogP contribution in [0.2, 0.25) is 0 Å². The molecule has 3 N–H and O–H groups in total. The summed E-state index contributed by atoms with van der Waals surface area (Å²) in [7, 11) is 0. The molecule has 6 nitrogen and oxygen atoms in total. The molecular weight excluding hydrogens is 282 g/mol. The number of rotatable bonds is 5. The summed E-state index contributed by atoms with van der Waals surface area (Å²) in [5, 5.41) is 11.4. The highest BCUT2D eigenvalue weighted by Crippen LogP contribution is 2.11. The summed E-state index contributed by atoms with van der Waals surface area (Å²) in [5.74, 6) is -0.505. The average Bonchev–Trinajstić information content (AvgIpc) is 2.36. The molecule has 0 aliphatic heterocycles. The molecule has 0 unspecified atom stereocenters. The zero-order valence-electron chi connectivity index (χ0n) is 13.1. The monoisotopic (exact) mass is 303 g/mol. The van der Waals surface area contributed by atoms with Gasteiger partial charge in [0.05, 0.1) is 11.6 Å². The molecule has 0 spiro atoms. The summed E-state index contributed by atoms with van der Waals surface area (Å²) in [6.45, 7) is 5.28. The number of hydrogen-bond acceptors (Lipinski definition) is 4. The number of alkyl carbamates (subject to hydrolysis) is 1. The van der Waals surface area contributed by atoms with Crippen molar-refractivity contribution in [2.75, 3.05) is 0 Å². The molecule has 1 rings (SSSR count). The molecule has 0 radical (unpaired) electrons. The van der Waals surface area contributed by atoms with Crippen LogP contribution in [0.15, 0.2) is 24.3 Å². The van der Waals surface area contributed by atoms with Crippen LogP contribution in [0.5, 0.6) is 0 Å². The van der Waals surface area contributed by atoms with E-state index in [1.54, 1.807) is 45.0 Å². The maximum absolute atomic E-state index is 11.8. The molecular formula is C16H21N3O3. The molecule has 1 atom stereocenters. The van der Waals surface area contributed by atoms with Gasteiger partial charge in [0.25, 0.3) is 0 Å². The van der Waals surface area contributed by atoms with E-state index in [2.05, 4.69) is 5.32 Å². The van der Waals surface area contributed by atoms with E-state index in [4.69, 9.17) is 15.7 Å². The number of nitrogens with zero attached hydrogens (tertiary/aromatic N) is 1. The van der Waals surface area contributed by atoms with E-state index < -0.39 is 23.6 Å². The summed E-state index contributed by atoms with van der Waals surface area (Å²) >= 11 is 0. The van der Waals surface area contributed by atoms with Crippen LogP contribution >= 0.6 is 0 Å². The first kappa shape index (κ1) is 17.5. The van der Waals surface area contributed by atoms with Gasteiger partial charge in [-0.05, 0) is 44.9 Å². The van der Waals surface area contributed by atoms with Crippen LogP contribution < -0.4 is 11.1 Å². The van der Waals surface area contributed by atoms with Crippen molar-refractivity contribution in [1.29, 1.82) is 5.26 Å². The first-order valence-electron chi connectivity index (χ1n) is 6.96. The van der Waals surface area contributed by atoms with Crippen molar-refractivity contribution in [3.8, 4) is 6.07 Å². The third kappa shape index (κ3) is 6.75. The third-order valence-electron chi connectivity index (χ3n) is 2.73. The molecule has 0 saturated carbocycles. The second kappa shape index (κ2) is 7.46. The molecule has 0 heterocycles. The smallest absolute Gasteiger partial charge is 0.407 e. The Hall–Kier alpha value is -2.55. The highest BCUT2D eigenvalue weighted by Gasteiger charge is 2.21. The standard InChI is InChI=1S/C16H21N3O3/c1-16(2,3)22-15(21)19-13(9-14(18)20)8-11-4-6-12(10-17)7-5-11/h4-7,13H,8-9H2,1-3H3,(H2,18,20)(H,19,21)/t13-/m1/s1. The van der Waals surface area contributed by atoms with Crippen molar-refractivity contribution in [3.63, 3.8) is 0 Å². The second-order valence-electron chi connectivity index (χ2n) is 6.03. The molecule has 0 saturated heterocycles. The summed E-state index contributed by atoms with van der Waals surface area (Å²) in [6, 6.07) is 8.51. The number of carbonyl (C=O) groups excluding carboxylic acids is 2. The van der Waals surface area contributed by atoms with Crippen molar-refractivity contribution < 1.29 is 14.3 Å². The van der Waals surface area contributed by atoms with Gasteiger partial charge in [-0.15, -0.1) is 0 Å². The van der Waals surface area contributed by atoms with Gasteiger partial charge in [0.1, 0.15) is 5.60 Å². The second-order valence-corrected chi connectivity index (χ2v) is 6.03. The maximum Gasteiger partial charge on any atom is 0.407 e. The van der Waals surface area contributed by atoms with Gasteiger partial charge in [0.2, 0.25) is 5.91 Å². The van der Waals surface area contributed by atoms with Crippen molar-refractivity contribution >= 4 is 12.0 Å². The van der Waals surface area contributed by atoms with Gasteiger partial charge in [0, 0.05) is 12.5 Å². The lowest BCUT2D eigenvalue weighted by molar-refractivity contribution is -0.118. The van der Waals surface area contributed by atoms with E-state index in [1.165, 1.54) is 0 Å². The Bertz CT molecular complexity index is 568. The normalized spacial score (nSPS) is 12.1. The van der Waals surface area contributed by atoms with Gasteiger partial charge in [0.15, 0.2) is 0 Å². The van der Waals surface area contributed by atoms with Crippen LogP contribution in [0.25, 0.3) is 0 Å². The Morgan fingerprint density at radius 2 is 1.91 bits per heavy atom. The number of nitrogens with two attached hydrogens (primary N) is 1. The number of nitriles is 1. The van der Waals surface area contributed by atoms with E-state index in [0.717, 1.165) is 5.56 Å². The topological polar surface area (TPSA) is 105 Å². The van der Waals surface area contributed by atoms with E-state index in [-0.39, 0.29) is 6.42 Å². The predicted octanol–water partition coefficient (Wildman–Crippen LogP) is 1.87.